The van der Waals surface area contributed by atoms with E-state index in [1.807, 2.05) is 13.8 Å². The van der Waals surface area contributed by atoms with Crippen molar-refractivity contribution >= 4 is 11.8 Å². The molecule has 2 amide bonds. The second-order valence-corrected chi connectivity index (χ2v) is 3.21. The van der Waals surface area contributed by atoms with E-state index >= 15 is 0 Å². The third-order valence-corrected chi connectivity index (χ3v) is 2.00. The first kappa shape index (κ1) is 13.4. The lowest BCUT2D eigenvalue weighted by Gasteiger charge is -2.15. The molecule has 0 fully saturated rings. The topological polar surface area (TPSA) is 82.0 Å². The summed E-state index contributed by atoms with van der Waals surface area (Å²) >= 11 is 0. The summed E-state index contributed by atoms with van der Waals surface area (Å²) in [6.07, 6.45) is 2.61. The minimum atomic E-state index is -0.744. The Hall–Kier alpha value is -1.57. The van der Waals surface area contributed by atoms with Crippen LogP contribution in [0, 0.1) is 11.3 Å². The molecular formula is C10H17N3O2. The second-order valence-electron chi connectivity index (χ2n) is 3.21. The Morgan fingerprint density at radius 1 is 1.33 bits per heavy atom. The number of rotatable bonds is 5. The van der Waals surface area contributed by atoms with Crippen molar-refractivity contribution in [2.45, 2.75) is 39.2 Å². The molecule has 15 heavy (non-hydrogen) atoms. The number of nitrogens with one attached hydrogen (secondary N) is 2. The molecule has 0 saturated heterocycles. The van der Waals surface area contributed by atoms with Crippen molar-refractivity contribution in [3.8, 4) is 6.07 Å². The van der Waals surface area contributed by atoms with Gasteiger partial charge in [0.25, 0.3) is 0 Å². The Morgan fingerprint density at radius 2 is 2.00 bits per heavy atom. The minimum Gasteiger partial charge on any atom is -0.345 e. The maximum Gasteiger partial charge on any atom is 0.310 e. The molecule has 1 atom stereocenters. The summed E-state index contributed by atoms with van der Waals surface area (Å²) in [6.45, 7) is 3.83. The average Bonchev–Trinajstić information content (AvgIpc) is 2.24. The lowest BCUT2D eigenvalue weighted by molar-refractivity contribution is -0.139. The van der Waals surface area contributed by atoms with E-state index in [1.54, 1.807) is 6.07 Å². The standard InChI is InChI=1S/C10H17N3O2/c1-3-5-8(4-2)13-10(15)9(14)12-7-6-11/h8H,3-5,7H2,1-2H3,(H,12,14)(H,13,15). The fourth-order valence-electron chi connectivity index (χ4n) is 1.18. The Labute approximate surface area is 89.8 Å². The van der Waals surface area contributed by atoms with Gasteiger partial charge in [0.15, 0.2) is 0 Å². The lowest BCUT2D eigenvalue weighted by Crippen LogP contribution is -2.44. The van der Waals surface area contributed by atoms with Crippen LogP contribution in [0.1, 0.15) is 33.1 Å². The Bertz CT molecular complexity index is 258. The molecule has 0 aromatic carbocycles. The smallest absolute Gasteiger partial charge is 0.310 e. The predicted octanol–water partition coefficient (Wildman–Crippen LogP) is 0.321. The van der Waals surface area contributed by atoms with Crippen molar-refractivity contribution < 1.29 is 9.59 Å². The molecule has 1 unspecified atom stereocenters. The minimum absolute atomic E-state index is 0.0373. The molecular weight excluding hydrogens is 194 g/mol. The molecule has 0 aromatic heterocycles. The van der Waals surface area contributed by atoms with Gasteiger partial charge in [0, 0.05) is 6.04 Å². The van der Waals surface area contributed by atoms with Gasteiger partial charge in [-0.25, -0.2) is 0 Å². The highest BCUT2D eigenvalue weighted by Gasteiger charge is 2.16. The van der Waals surface area contributed by atoms with Gasteiger partial charge in [-0.15, -0.1) is 0 Å². The van der Waals surface area contributed by atoms with Crippen molar-refractivity contribution in [3.05, 3.63) is 0 Å². The molecule has 0 radical (unpaired) electrons. The molecule has 84 valence electrons. The van der Waals surface area contributed by atoms with Gasteiger partial charge in [-0.3, -0.25) is 9.59 Å². The fourth-order valence-corrected chi connectivity index (χ4v) is 1.18. The van der Waals surface area contributed by atoms with Gasteiger partial charge in [-0.2, -0.15) is 5.26 Å². The van der Waals surface area contributed by atoms with Gasteiger partial charge in [0.05, 0.1) is 6.07 Å². The van der Waals surface area contributed by atoms with E-state index in [9.17, 15) is 9.59 Å². The van der Waals surface area contributed by atoms with Gasteiger partial charge in [-0.1, -0.05) is 20.3 Å². The van der Waals surface area contributed by atoms with Crippen LogP contribution >= 0.6 is 0 Å². The van der Waals surface area contributed by atoms with Gasteiger partial charge in [0.2, 0.25) is 0 Å². The van der Waals surface area contributed by atoms with Gasteiger partial charge in [-0.05, 0) is 12.8 Å². The maximum absolute atomic E-state index is 11.3. The molecule has 0 rings (SSSR count). The summed E-state index contributed by atoms with van der Waals surface area (Å²) in [6, 6.07) is 1.77. The van der Waals surface area contributed by atoms with Crippen LogP contribution in [-0.2, 0) is 9.59 Å². The SMILES string of the molecule is CCCC(CC)NC(=O)C(=O)NCC#N. The largest absolute Gasteiger partial charge is 0.345 e. The number of amides is 2. The zero-order valence-electron chi connectivity index (χ0n) is 9.17. The number of carbonyl (C=O) groups is 2. The van der Waals surface area contributed by atoms with E-state index in [1.165, 1.54) is 0 Å². The molecule has 0 aliphatic rings. The lowest BCUT2D eigenvalue weighted by atomic mass is 10.1. The summed E-state index contributed by atoms with van der Waals surface area (Å²) < 4.78 is 0. The Kier molecular flexibility index (Phi) is 6.98. The number of hydrogen-bond donors (Lipinski definition) is 2. The maximum atomic E-state index is 11.3. The highest BCUT2D eigenvalue weighted by molar-refractivity contribution is 6.35. The third-order valence-electron chi connectivity index (χ3n) is 2.00. The van der Waals surface area contributed by atoms with Gasteiger partial charge in [0.1, 0.15) is 6.54 Å². The molecule has 0 aliphatic carbocycles. The third kappa shape index (κ3) is 5.68. The first-order valence-electron chi connectivity index (χ1n) is 5.11. The molecule has 0 bridgehead atoms. The number of nitrogens with zero attached hydrogens (tertiary/aromatic N) is 1. The molecule has 2 N–H and O–H groups in total. The Morgan fingerprint density at radius 3 is 2.47 bits per heavy atom. The molecule has 5 heteroatoms. The molecule has 0 saturated carbocycles. The van der Waals surface area contributed by atoms with E-state index in [0.717, 1.165) is 19.3 Å². The summed E-state index contributed by atoms with van der Waals surface area (Å²) in [5.74, 6) is -1.41. The van der Waals surface area contributed by atoms with Crippen LogP contribution in [0.3, 0.4) is 0 Å². The van der Waals surface area contributed by atoms with Crippen molar-refractivity contribution in [2.75, 3.05) is 6.54 Å². The summed E-state index contributed by atoms with van der Waals surface area (Å²) in [5, 5.41) is 13.0. The average molecular weight is 211 g/mol. The van der Waals surface area contributed by atoms with Crippen LogP contribution < -0.4 is 10.6 Å². The van der Waals surface area contributed by atoms with E-state index in [2.05, 4.69) is 10.6 Å². The Balaban J connectivity index is 3.99. The van der Waals surface area contributed by atoms with Crippen molar-refractivity contribution in [1.82, 2.24) is 10.6 Å². The molecule has 0 aliphatic heterocycles. The monoisotopic (exact) mass is 211 g/mol. The van der Waals surface area contributed by atoms with E-state index in [0.29, 0.717) is 0 Å². The summed E-state index contributed by atoms with van der Waals surface area (Å²) in [4.78, 5) is 22.3. The highest BCUT2D eigenvalue weighted by Crippen LogP contribution is 2.00. The highest BCUT2D eigenvalue weighted by atomic mass is 16.2. The normalized spacial score (nSPS) is 11.3. The van der Waals surface area contributed by atoms with E-state index in [-0.39, 0.29) is 12.6 Å². The second kappa shape index (κ2) is 7.80. The number of hydrogen-bond acceptors (Lipinski definition) is 3. The number of nitriles is 1. The zero-order chi connectivity index (χ0) is 11.7. The molecule has 0 spiro atoms. The number of carbonyl (C=O) groups excluding carboxylic acids is 2. The first-order valence-corrected chi connectivity index (χ1v) is 5.11. The summed E-state index contributed by atoms with van der Waals surface area (Å²) in [5.41, 5.74) is 0. The summed E-state index contributed by atoms with van der Waals surface area (Å²) in [7, 11) is 0. The van der Waals surface area contributed by atoms with Crippen LogP contribution in [0.4, 0.5) is 0 Å². The van der Waals surface area contributed by atoms with Crippen molar-refractivity contribution in [2.24, 2.45) is 0 Å². The van der Waals surface area contributed by atoms with Crippen LogP contribution in [0.15, 0.2) is 0 Å². The van der Waals surface area contributed by atoms with E-state index in [4.69, 9.17) is 5.26 Å². The van der Waals surface area contributed by atoms with Crippen LogP contribution in [-0.4, -0.2) is 24.4 Å². The van der Waals surface area contributed by atoms with Crippen LogP contribution in [0.25, 0.3) is 0 Å². The zero-order valence-corrected chi connectivity index (χ0v) is 9.17. The quantitative estimate of drug-likeness (QED) is 0.507. The van der Waals surface area contributed by atoms with Crippen LogP contribution in [0.2, 0.25) is 0 Å². The molecule has 5 nitrogen and oxygen atoms in total. The van der Waals surface area contributed by atoms with Crippen molar-refractivity contribution in [3.63, 3.8) is 0 Å². The van der Waals surface area contributed by atoms with E-state index < -0.39 is 11.8 Å². The molecule has 0 heterocycles. The first-order chi connectivity index (χ1) is 7.15. The van der Waals surface area contributed by atoms with Gasteiger partial charge >= 0.3 is 11.8 Å². The molecule has 0 aromatic rings. The van der Waals surface area contributed by atoms with Crippen molar-refractivity contribution in [1.29, 1.82) is 5.26 Å². The van der Waals surface area contributed by atoms with Gasteiger partial charge < -0.3 is 10.6 Å². The fraction of sp³-hybridized carbons (Fsp3) is 0.700. The van der Waals surface area contributed by atoms with Crippen LogP contribution in [0.5, 0.6) is 0 Å². The predicted molar refractivity (Wildman–Crippen MR) is 55.8 cm³/mol.